The highest BCUT2D eigenvalue weighted by Crippen LogP contribution is 2.43. The van der Waals surface area contributed by atoms with Crippen molar-refractivity contribution in [1.29, 1.82) is 0 Å². The minimum absolute atomic E-state index is 0.118. The van der Waals surface area contributed by atoms with Gasteiger partial charge in [-0.1, -0.05) is 24.1 Å². The molecule has 1 unspecified atom stereocenters. The van der Waals surface area contributed by atoms with E-state index in [1.165, 1.54) is 0 Å². The highest BCUT2D eigenvalue weighted by molar-refractivity contribution is 6.27. The SMILES string of the molecule is C#CC1(C(=O)N2CCC(n3cc(Cc4ccc5c6c(cccc46)C(=O)N5C4CCC(=O)NC4=O)cn3)CC2)CCC1. The summed E-state index contributed by atoms with van der Waals surface area (Å²) in [5.74, 6) is 1.95. The molecular weight excluding hydrogens is 518 g/mol. The number of rotatable bonds is 5. The van der Waals surface area contributed by atoms with Crippen LogP contribution in [0.4, 0.5) is 5.69 Å². The predicted molar refractivity (Wildman–Crippen MR) is 152 cm³/mol. The molecule has 4 heterocycles. The highest BCUT2D eigenvalue weighted by atomic mass is 16.2. The van der Waals surface area contributed by atoms with E-state index in [2.05, 4.69) is 22.5 Å². The van der Waals surface area contributed by atoms with Gasteiger partial charge in [0.1, 0.15) is 11.5 Å². The normalized spacial score (nSPS) is 22.0. The van der Waals surface area contributed by atoms with Gasteiger partial charge in [-0.3, -0.25) is 34.1 Å². The number of benzene rings is 2. The topological polar surface area (TPSA) is 105 Å². The summed E-state index contributed by atoms with van der Waals surface area (Å²) in [6.07, 6.45) is 15.2. The van der Waals surface area contributed by atoms with E-state index < -0.39 is 17.4 Å². The Hall–Kier alpha value is -4.45. The third-order valence-corrected chi connectivity index (χ3v) is 9.41. The molecule has 2 aromatic carbocycles. The molecule has 2 saturated heterocycles. The van der Waals surface area contributed by atoms with Crippen LogP contribution in [0.3, 0.4) is 0 Å². The number of nitrogens with zero attached hydrogens (tertiary/aromatic N) is 4. The first-order chi connectivity index (χ1) is 19.9. The highest BCUT2D eigenvalue weighted by Gasteiger charge is 2.45. The third-order valence-electron chi connectivity index (χ3n) is 9.41. The van der Waals surface area contributed by atoms with Gasteiger partial charge in [0.15, 0.2) is 0 Å². The minimum Gasteiger partial charge on any atom is -0.341 e. The zero-order chi connectivity index (χ0) is 28.3. The first-order valence-corrected chi connectivity index (χ1v) is 14.4. The summed E-state index contributed by atoms with van der Waals surface area (Å²) in [6, 6.07) is 9.15. The van der Waals surface area contributed by atoms with Crippen LogP contribution >= 0.6 is 0 Å². The molecule has 0 radical (unpaired) electrons. The number of hydrogen-bond acceptors (Lipinski definition) is 5. The molecule has 0 spiro atoms. The zero-order valence-corrected chi connectivity index (χ0v) is 22.8. The van der Waals surface area contributed by atoms with E-state index in [0.717, 1.165) is 54.0 Å². The lowest BCUT2D eigenvalue weighted by atomic mass is 9.68. The quantitative estimate of drug-likeness (QED) is 0.388. The number of aromatic nitrogens is 2. The molecule has 1 atom stereocenters. The van der Waals surface area contributed by atoms with Crippen molar-refractivity contribution in [2.24, 2.45) is 5.41 Å². The number of hydrogen-bond donors (Lipinski definition) is 1. The Labute approximate surface area is 237 Å². The smallest absolute Gasteiger partial charge is 0.259 e. The van der Waals surface area contributed by atoms with Crippen LogP contribution in [0, 0.1) is 17.8 Å². The van der Waals surface area contributed by atoms with Gasteiger partial charge in [-0.05, 0) is 67.2 Å². The van der Waals surface area contributed by atoms with Crippen LogP contribution in [0.25, 0.3) is 10.8 Å². The molecule has 0 bridgehead atoms. The number of piperidine rings is 2. The van der Waals surface area contributed by atoms with Crippen molar-refractivity contribution in [2.75, 3.05) is 18.0 Å². The largest absolute Gasteiger partial charge is 0.341 e. The molecule has 9 heteroatoms. The van der Waals surface area contributed by atoms with E-state index in [4.69, 9.17) is 6.42 Å². The van der Waals surface area contributed by atoms with Crippen LogP contribution in [-0.2, 0) is 20.8 Å². The second-order valence-corrected chi connectivity index (χ2v) is 11.7. The average molecular weight is 550 g/mol. The van der Waals surface area contributed by atoms with Crippen molar-refractivity contribution >= 4 is 40.1 Å². The summed E-state index contributed by atoms with van der Waals surface area (Å²) in [5.41, 5.74) is 2.85. The summed E-state index contributed by atoms with van der Waals surface area (Å²) in [4.78, 5) is 54.2. The summed E-state index contributed by atoms with van der Waals surface area (Å²) < 4.78 is 2.02. The third kappa shape index (κ3) is 4.04. The Kier molecular flexibility index (Phi) is 5.96. The molecule has 3 aromatic rings. The van der Waals surface area contributed by atoms with E-state index in [9.17, 15) is 19.2 Å². The summed E-state index contributed by atoms with van der Waals surface area (Å²) >= 11 is 0. The fourth-order valence-corrected chi connectivity index (χ4v) is 6.93. The number of likely N-dealkylation sites (tertiary alicyclic amines) is 1. The fraction of sp³-hybridized carbons (Fsp3) is 0.406. The molecular formula is C32H31N5O4. The van der Waals surface area contributed by atoms with E-state index in [1.54, 1.807) is 11.0 Å². The molecule has 1 aliphatic carbocycles. The van der Waals surface area contributed by atoms with Gasteiger partial charge >= 0.3 is 0 Å². The zero-order valence-electron chi connectivity index (χ0n) is 22.8. The molecule has 1 saturated carbocycles. The van der Waals surface area contributed by atoms with E-state index in [-0.39, 0.29) is 30.2 Å². The average Bonchev–Trinajstić information content (AvgIpc) is 3.53. The first kappa shape index (κ1) is 25.5. The van der Waals surface area contributed by atoms with Crippen molar-refractivity contribution in [3.63, 3.8) is 0 Å². The minimum atomic E-state index is -0.701. The molecule has 1 N–H and O–H groups in total. The predicted octanol–water partition coefficient (Wildman–Crippen LogP) is 3.36. The van der Waals surface area contributed by atoms with Gasteiger partial charge in [0.25, 0.3) is 5.91 Å². The second-order valence-electron chi connectivity index (χ2n) is 11.7. The molecule has 41 heavy (non-hydrogen) atoms. The van der Waals surface area contributed by atoms with Crippen molar-refractivity contribution in [3.05, 3.63) is 59.4 Å². The maximum atomic E-state index is 13.4. The molecule has 3 fully saturated rings. The maximum absolute atomic E-state index is 13.4. The van der Waals surface area contributed by atoms with E-state index in [0.29, 0.717) is 37.2 Å². The van der Waals surface area contributed by atoms with Gasteiger partial charge in [0.05, 0.1) is 17.9 Å². The molecule has 7 rings (SSSR count). The molecule has 3 aliphatic heterocycles. The number of anilines is 1. The van der Waals surface area contributed by atoms with Gasteiger partial charge < -0.3 is 4.90 Å². The van der Waals surface area contributed by atoms with Gasteiger partial charge in [0, 0.05) is 43.1 Å². The van der Waals surface area contributed by atoms with Crippen LogP contribution in [0.15, 0.2) is 42.7 Å². The molecule has 9 nitrogen and oxygen atoms in total. The number of nitrogens with one attached hydrogen (secondary N) is 1. The number of terminal acetylenes is 1. The van der Waals surface area contributed by atoms with Crippen LogP contribution < -0.4 is 10.2 Å². The van der Waals surface area contributed by atoms with Gasteiger partial charge in [-0.15, -0.1) is 6.42 Å². The first-order valence-electron chi connectivity index (χ1n) is 14.4. The lowest BCUT2D eigenvalue weighted by Crippen LogP contribution is -2.53. The Balaban J connectivity index is 1.08. The van der Waals surface area contributed by atoms with Gasteiger partial charge in [-0.2, -0.15) is 5.10 Å². The van der Waals surface area contributed by atoms with Crippen LogP contribution in [-0.4, -0.2) is 57.4 Å². The van der Waals surface area contributed by atoms with Crippen molar-refractivity contribution in [1.82, 2.24) is 20.0 Å². The standard InChI is InChI=1S/C32H31N5O4/c1-2-32(13-4-14-32)31(41)35-15-11-22(12-16-35)36-19-20(18-33-36)17-21-7-8-25-28-23(21)5-3-6-24(28)30(40)37(25)26-9-10-27(38)34-29(26)39/h1,3,5-8,18-19,22,26H,4,9-17H2,(H,34,38,39). The fourth-order valence-electron chi connectivity index (χ4n) is 6.93. The van der Waals surface area contributed by atoms with Crippen molar-refractivity contribution in [2.45, 2.75) is 63.5 Å². The number of carbonyl (C=O) groups is 4. The molecule has 1 aromatic heterocycles. The van der Waals surface area contributed by atoms with Crippen LogP contribution in [0.5, 0.6) is 0 Å². The second kappa shape index (κ2) is 9.58. The summed E-state index contributed by atoms with van der Waals surface area (Å²) in [7, 11) is 0. The summed E-state index contributed by atoms with van der Waals surface area (Å²) in [5, 5.41) is 8.87. The Morgan fingerprint density at radius 1 is 1.10 bits per heavy atom. The molecule has 208 valence electrons. The Morgan fingerprint density at radius 2 is 1.90 bits per heavy atom. The lowest BCUT2D eigenvalue weighted by Gasteiger charge is -2.42. The van der Waals surface area contributed by atoms with Gasteiger partial charge in [0.2, 0.25) is 17.7 Å². The number of carbonyl (C=O) groups excluding carboxylic acids is 4. The Morgan fingerprint density at radius 3 is 2.61 bits per heavy atom. The Bertz CT molecular complexity index is 1650. The van der Waals surface area contributed by atoms with Gasteiger partial charge in [-0.25, -0.2) is 0 Å². The number of imide groups is 1. The number of amides is 4. The van der Waals surface area contributed by atoms with Crippen LogP contribution in [0.2, 0.25) is 0 Å². The van der Waals surface area contributed by atoms with Crippen molar-refractivity contribution in [3.8, 4) is 12.3 Å². The monoisotopic (exact) mass is 549 g/mol. The van der Waals surface area contributed by atoms with E-state index >= 15 is 0 Å². The molecule has 4 aliphatic rings. The molecule has 4 amide bonds. The maximum Gasteiger partial charge on any atom is 0.259 e. The van der Waals surface area contributed by atoms with Crippen LogP contribution in [0.1, 0.15) is 72.5 Å². The lowest BCUT2D eigenvalue weighted by molar-refractivity contribution is -0.144. The summed E-state index contributed by atoms with van der Waals surface area (Å²) in [6.45, 7) is 1.38. The van der Waals surface area contributed by atoms with E-state index in [1.807, 2.05) is 40.0 Å². The van der Waals surface area contributed by atoms with Crippen molar-refractivity contribution < 1.29 is 19.2 Å².